The molecule has 0 saturated carbocycles. The van der Waals surface area contributed by atoms with Crippen molar-refractivity contribution in [2.45, 2.75) is 32.7 Å². The third-order valence-corrected chi connectivity index (χ3v) is 5.03. The van der Waals surface area contributed by atoms with Gasteiger partial charge in [-0.05, 0) is 30.3 Å². The SMILES string of the molecule is C=C(NNC(=O)c1ccc(CN(c2cccc(C(F)(F)F)c2)S(C)=O)c(F)c1)C(F)(F)F.CC. The molecule has 1 unspecified atom stereocenters. The van der Waals surface area contributed by atoms with Gasteiger partial charge in [0.2, 0.25) is 0 Å². The fourth-order valence-corrected chi connectivity index (χ4v) is 3.15. The van der Waals surface area contributed by atoms with Crippen LogP contribution in [0.1, 0.15) is 35.3 Å². The van der Waals surface area contributed by atoms with Crippen molar-refractivity contribution in [2.75, 3.05) is 10.6 Å². The number of anilines is 1. The second-order valence-electron chi connectivity index (χ2n) is 6.37. The average molecular weight is 513 g/mol. The zero-order chi connectivity index (χ0) is 26.3. The molecular formula is C21H22F7N3O2S. The van der Waals surface area contributed by atoms with Gasteiger partial charge in [-0.1, -0.05) is 32.6 Å². The number of carbonyl (C=O) groups excluding carboxylic acids is 1. The number of benzene rings is 2. The van der Waals surface area contributed by atoms with Crippen LogP contribution in [0.3, 0.4) is 0 Å². The predicted molar refractivity (Wildman–Crippen MR) is 115 cm³/mol. The predicted octanol–water partition coefficient (Wildman–Crippen LogP) is 5.48. The van der Waals surface area contributed by atoms with Crippen molar-refractivity contribution in [3.63, 3.8) is 0 Å². The molecule has 34 heavy (non-hydrogen) atoms. The Balaban J connectivity index is 0.00000281. The van der Waals surface area contributed by atoms with Gasteiger partial charge in [0.05, 0.1) is 17.8 Å². The van der Waals surface area contributed by atoms with Crippen molar-refractivity contribution in [2.24, 2.45) is 0 Å². The van der Waals surface area contributed by atoms with E-state index in [-0.39, 0.29) is 16.8 Å². The van der Waals surface area contributed by atoms with Gasteiger partial charge < -0.3 is 0 Å². The van der Waals surface area contributed by atoms with Gasteiger partial charge in [-0.3, -0.25) is 20.0 Å². The van der Waals surface area contributed by atoms with Gasteiger partial charge in [0, 0.05) is 17.4 Å². The normalized spacial score (nSPS) is 12.2. The number of amides is 1. The van der Waals surface area contributed by atoms with Crippen molar-refractivity contribution in [3.05, 3.63) is 77.2 Å². The molecule has 2 N–H and O–H groups in total. The summed E-state index contributed by atoms with van der Waals surface area (Å²) in [4.78, 5) is 11.9. The molecule has 0 fully saturated rings. The Morgan fingerprint density at radius 3 is 2.15 bits per heavy atom. The lowest BCUT2D eigenvalue weighted by atomic mass is 10.1. The summed E-state index contributed by atoms with van der Waals surface area (Å²) in [5.74, 6) is -2.07. The van der Waals surface area contributed by atoms with E-state index in [2.05, 4.69) is 6.58 Å². The maximum Gasteiger partial charge on any atom is 0.432 e. The topological polar surface area (TPSA) is 61.4 Å². The Kier molecular flexibility index (Phi) is 10.1. The molecule has 1 amide bonds. The summed E-state index contributed by atoms with van der Waals surface area (Å²) in [5, 5.41) is 0. The van der Waals surface area contributed by atoms with Crippen LogP contribution in [0.2, 0.25) is 0 Å². The van der Waals surface area contributed by atoms with E-state index in [0.29, 0.717) is 0 Å². The second-order valence-corrected chi connectivity index (χ2v) is 7.66. The Morgan fingerprint density at radius 1 is 1.03 bits per heavy atom. The number of hydrogen-bond acceptors (Lipinski definition) is 3. The van der Waals surface area contributed by atoms with Crippen molar-refractivity contribution in [1.82, 2.24) is 10.9 Å². The molecule has 5 nitrogen and oxygen atoms in total. The molecule has 2 rings (SSSR count). The number of rotatable bonds is 7. The Bertz CT molecular complexity index is 1040. The minimum Gasteiger partial charge on any atom is -0.294 e. The van der Waals surface area contributed by atoms with Crippen molar-refractivity contribution in [1.29, 1.82) is 0 Å². The van der Waals surface area contributed by atoms with Crippen LogP contribution >= 0.6 is 0 Å². The minimum atomic E-state index is -4.80. The van der Waals surface area contributed by atoms with Gasteiger partial charge in [0.25, 0.3) is 5.91 Å². The van der Waals surface area contributed by atoms with Crippen molar-refractivity contribution >= 4 is 22.6 Å². The summed E-state index contributed by atoms with van der Waals surface area (Å²) in [5.41, 5.74) is 0.337. The number of hydrazine groups is 1. The smallest absolute Gasteiger partial charge is 0.294 e. The first-order valence-electron chi connectivity index (χ1n) is 9.59. The van der Waals surface area contributed by atoms with E-state index in [4.69, 9.17) is 0 Å². The zero-order valence-corrected chi connectivity index (χ0v) is 19.1. The number of hydrogen-bond donors (Lipinski definition) is 2. The highest BCUT2D eigenvalue weighted by molar-refractivity contribution is 7.85. The maximum absolute atomic E-state index is 14.5. The van der Waals surface area contributed by atoms with E-state index in [1.54, 1.807) is 10.9 Å². The standard InChI is InChI=1S/C19H16F7N3O2S.C2H6/c1-11(18(21,22)23)27-28-17(30)12-6-7-13(16(20)8-12)10-29(32(2)31)15-5-3-4-14(9-15)19(24,25)26;1-2/h3-9,27H,1,10H2,2H3,(H,28,30);1-2H3. The Labute approximate surface area is 194 Å². The molecule has 0 aliphatic rings. The Morgan fingerprint density at radius 2 is 1.65 bits per heavy atom. The summed E-state index contributed by atoms with van der Waals surface area (Å²) in [6.07, 6.45) is -8.24. The molecule has 2 aromatic rings. The van der Waals surface area contributed by atoms with Crippen molar-refractivity contribution < 1.29 is 39.7 Å². The van der Waals surface area contributed by atoms with E-state index >= 15 is 0 Å². The maximum atomic E-state index is 14.5. The molecule has 0 aliphatic carbocycles. The molecule has 0 spiro atoms. The largest absolute Gasteiger partial charge is 0.432 e. The molecule has 0 aliphatic heterocycles. The first kappa shape index (κ1) is 28.9. The lowest BCUT2D eigenvalue weighted by Gasteiger charge is -2.23. The van der Waals surface area contributed by atoms with Gasteiger partial charge in [0.1, 0.15) is 22.5 Å². The summed E-state index contributed by atoms with van der Waals surface area (Å²) >= 11 is 0. The van der Waals surface area contributed by atoms with Crippen LogP contribution < -0.4 is 15.2 Å². The van der Waals surface area contributed by atoms with E-state index in [1.165, 1.54) is 12.3 Å². The lowest BCUT2D eigenvalue weighted by molar-refractivity contribution is -0.137. The van der Waals surface area contributed by atoms with Gasteiger partial charge in [0.15, 0.2) is 0 Å². The van der Waals surface area contributed by atoms with Gasteiger partial charge >= 0.3 is 12.4 Å². The Hall–Kier alpha value is -3.09. The molecule has 0 aromatic heterocycles. The van der Waals surface area contributed by atoms with Gasteiger partial charge in [-0.2, -0.15) is 26.3 Å². The van der Waals surface area contributed by atoms with E-state index in [1.807, 2.05) is 13.8 Å². The molecule has 0 heterocycles. The number of allylic oxidation sites excluding steroid dienone is 1. The average Bonchev–Trinajstić information content (AvgIpc) is 2.76. The van der Waals surface area contributed by atoms with Gasteiger partial charge in [-0.25, -0.2) is 8.60 Å². The molecular weight excluding hydrogens is 491 g/mol. The van der Waals surface area contributed by atoms with E-state index < -0.39 is 52.9 Å². The van der Waals surface area contributed by atoms with Crippen LogP contribution in [0, 0.1) is 5.82 Å². The number of halogens is 7. The molecule has 0 saturated heterocycles. The summed E-state index contributed by atoms with van der Waals surface area (Å²) in [6, 6.07) is 6.91. The van der Waals surface area contributed by atoms with E-state index in [9.17, 15) is 39.7 Å². The third-order valence-electron chi connectivity index (χ3n) is 4.07. The molecule has 188 valence electrons. The number of carbonyl (C=O) groups is 1. The molecule has 0 radical (unpaired) electrons. The van der Waals surface area contributed by atoms with Crippen LogP contribution in [0.4, 0.5) is 36.4 Å². The van der Waals surface area contributed by atoms with Crippen LogP contribution in [0.25, 0.3) is 0 Å². The van der Waals surface area contributed by atoms with Crippen LogP contribution in [-0.4, -0.2) is 22.5 Å². The van der Waals surface area contributed by atoms with Crippen LogP contribution in [-0.2, 0) is 23.7 Å². The number of alkyl halides is 6. The fourth-order valence-electron chi connectivity index (χ4n) is 2.41. The number of nitrogens with one attached hydrogen (secondary N) is 2. The van der Waals surface area contributed by atoms with Crippen molar-refractivity contribution in [3.8, 4) is 0 Å². The fraction of sp³-hybridized carbons (Fsp3) is 0.286. The summed E-state index contributed by atoms with van der Waals surface area (Å²) < 4.78 is 104. The summed E-state index contributed by atoms with van der Waals surface area (Å²) in [7, 11) is -1.84. The monoisotopic (exact) mass is 513 g/mol. The molecule has 1 atom stereocenters. The van der Waals surface area contributed by atoms with E-state index in [0.717, 1.165) is 40.7 Å². The number of nitrogens with zero attached hydrogens (tertiary/aromatic N) is 1. The third kappa shape index (κ3) is 8.04. The second kappa shape index (κ2) is 11.9. The highest BCUT2D eigenvalue weighted by Crippen LogP contribution is 2.32. The molecule has 2 aromatic carbocycles. The van der Waals surface area contributed by atoms with Crippen LogP contribution in [0.5, 0.6) is 0 Å². The lowest BCUT2D eigenvalue weighted by Crippen LogP contribution is -2.40. The quantitative estimate of drug-likeness (QED) is 0.381. The highest BCUT2D eigenvalue weighted by Gasteiger charge is 2.33. The first-order valence-corrected chi connectivity index (χ1v) is 11.1. The minimum absolute atomic E-state index is 0.0725. The highest BCUT2D eigenvalue weighted by atomic mass is 32.2. The first-order chi connectivity index (χ1) is 15.7. The summed E-state index contributed by atoms with van der Waals surface area (Å²) in [6.45, 7) is 6.29. The van der Waals surface area contributed by atoms with Crippen LogP contribution in [0.15, 0.2) is 54.7 Å². The zero-order valence-electron chi connectivity index (χ0n) is 18.3. The van der Waals surface area contributed by atoms with Gasteiger partial charge in [-0.15, -0.1) is 0 Å². The molecule has 13 heteroatoms. The molecule has 0 bridgehead atoms.